The van der Waals surface area contributed by atoms with Crippen molar-refractivity contribution in [2.24, 2.45) is 5.73 Å². The van der Waals surface area contributed by atoms with Gasteiger partial charge in [0.2, 0.25) is 0 Å². The quantitative estimate of drug-likeness (QED) is 0.546. The summed E-state index contributed by atoms with van der Waals surface area (Å²) >= 11 is 0. The summed E-state index contributed by atoms with van der Waals surface area (Å²) in [6.07, 6.45) is 0.791. The Morgan fingerprint density at radius 3 is 2.64 bits per heavy atom. The van der Waals surface area contributed by atoms with Gasteiger partial charge in [0.05, 0.1) is 5.60 Å². The van der Waals surface area contributed by atoms with Gasteiger partial charge in [0.15, 0.2) is 0 Å². The van der Waals surface area contributed by atoms with Gasteiger partial charge in [-0.2, -0.15) is 0 Å². The van der Waals surface area contributed by atoms with Crippen molar-refractivity contribution in [1.82, 2.24) is 5.32 Å². The topological polar surface area (TPSA) is 64.3 Å². The first kappa shape index (κ1) is 10.4. The fourth-order valence-corrected chi connectivity index (χ4v) is 0.793. The Balaban J connectivity index is 3.45. The lowest BCUT2D eigenvalue weighted by Crippen LogP contribution is -2.35. The minimum Gasteiger partial charge on any atom is -0.423 e. The van der Waals surface area contributed by atoms with Crippen molar-refractivity contribution >= 4 is 16.5 Å². The third kappa shape index (κ3) is 5.87. The van der Waals surface area contributed by atoms with Gasteiger partial charge in [0.1, 0.15) is 10.5 Å². The second-order valence-electron chi connectivity index (χ2n) is 3.00. The Kier molecular flexibility index (Phi) is 4.13. The SMILES string of the molecule is CC(C)(CCNC(N)=O)O[SiH3]. The number of carbonyl (C=O) groups excluding carboxylic acids is 1. The molecule has 0 aromatic heterocycles. The zero-order chi connectivity index (χ0) is 8.91. The molecule has 11 heavy (non-hydrogen) atoms. The molecule has 0 bridgehead atoms. The lowest BCUT2D eigenvalue weighted by molar-refractivity contribution is 0.113. The van der Waals surface area contributed by atoms with Crippen LogP contribution in [0.1, 0.15) is 20.3 Å². The molecule has 0 rings (SSSR count). The summed E-state index contributed by atoms with van der Waals surface area (Å²) in [5, 5.41) is 2.51. The van der Waals surface area contributed by atoms with Crippen LogP contribution in [0.5, 0.6) is 0 Å². The van der Waals surface area contributed by atoms with E-state index in [9.17, 15) is 4.79 Å². The predicted octanol–water partition coefficient (Wildman–Crippen LogP) is -0.880. The normalized spacial score (nSPS) is 11.5. The molecule has 0 heterocycles. The molecular formula is C6H16N2O2Si. The molecule has 0 aliphatic rings. The monoisotopic (exact) mass is 176 g/mol. The molecule has 0 aliphatic carbocycles. The van der Waals surface area contributed by atoms with E-state index >= 15 is 0 Å². The number of carbonyl (C=O) groups is 1. The van der Waals surface area contributed by atoms with Crippen LogP contribution in [0, 0.1) is 0 Å². The molecule has 0 spiro atoms. The second kappa shape index (κ2) is 4.35. The van der Waals surface area contributed by atoms with Crippen molar-refractivity contribution in [1.29, 1.82) is 0 Å². The molecule has 0 atom stereocenters. The number of nitrogens with one attached hydrogen (secondary N) is 1. The van der Waals surface area contributed by atoms with Gasteiger partial charge in [0.25, 0.3) is 0 Å². The van der Waals surface area contributed by atoms with Gasteiger partial charge >= 0.3 is 6.03 Å². The van der Waals surface area contributed by atoms with Crippen molar-refractivity contribution in [3.05, 3.63) is 0 Å². The molecule has 66 valence electrons. The van der Waals surface area contributed by atoms with Crippen LogP contribution in [-0.2, 0) is 4.43 Å². The van der Waals surface area contributed by atoms with Crippen LogP contribution < -0.4 is 11.1 Å². The van der Waals surface area contributed by atoms with E-state index in [1.807, 2.05) is 13.8 Å². The van der Waals surface area contributed by atoms with Gasteiger partial charge < -0.3 is 15.5 Å². The highest BCUT2D eigenvalue weighted by Crippen LogP contribution is 2.10. The van der Waals surface area contributed by atoms with Crippen molar-refractivity contribution < 1.29 is 9.22 Å². The minimum absolute atomic E-state index is 0.130. The zero-order valence-electron chi connectivity index (χ0n) is 7.31. The van der Waals surface area contributed by atoms with E-state index in [2.05, 4.69) is 5.32 Å². The first-order valence-electron chi connectivity index (χ1n) is 3.56. The maximum absolute atomic E-state index is 10.3. The fraction of sp³-hybridized carbons (Fsp3) is 0.833. The largest absolute Gasteiger partial charge is 0.423 e. The first-order chi connectivity index (χ1) is 4.98. The summed E-state index contributed by atoms with van der Waals surface area (Å²) in [6, 6.07) is -0.478. The van der Waals surface area contributed by atoms with Gasteiger partial charge in [-0.3, -0.25) is 0 Å². The highest BCUT2D eigenvalue weighted by Gasteiger charge is 2.14. The summed E-state index contributed by atoms with van der Waals surface area (Å²) in [5.74, 6) is 0. The molecule has 0 aliphatic heterocycles. The van der Waals surface area contributed by atoms with E-state index in [-0.39, 0.29) is 5.60 Å². The number of nitrogens with two attached hydrogens (primary N) is 1. The van der Waals surface area contributed by atoms with Crippen LogP contribution in [-0.4, -0.2) is 28.7 Å². The smallest absolute Gasteiger partial charge is 0.312 e. The number of amides is 2. The average Bonchev–Trinajstić information content (AvgIpc) is 1.87. The van der Waals surface area contributed by atoms with Crippen molar-refractivity contribution in [2.75, 3.05) is 6.54 Å². The number of hydrogen-bond acceptors (Lipinski definition) is 2. The summed E-state index contributed by atoms with van der Waals surface area (Å²) in [5.41, 5.74) is 4.75. The van der Waals surface area contributed by atoms with Crippen LogP contribution >= 0.6 is 0 Å². The summed E-state index contributed by atoms with van der Waals surface area (Å²) in [7, 11) is 0.716. The van der Waals surface area contributed by atoms with E-state index < -0.39 is 6.03 Å². The Bertz CT molecular complexity index is 139. The molecular weight excluding hydrogens is 160 g/mol. The number of rotatable bonds is 4. The number of hydrogen-bond donors (Lipinski definition) is 2. The molecule has 0 radical (unpaired) electrons. The van der Waals surface area contributed by atoms with Gasteiger partial charge in [-0.15, -0.1) is 0 Å². The Morgan fingerprint density at radius 1 is 1.73 bits per heavy atom. The Hall–Kier alpha value is -0.553. The van der Waals surface area contributed by atoms with E-state index in [0.717, 1.165) is 6.42 Å². The maximum atomic E-state index is 10.3. The first-order valence-corrected chi connectivity index (χ1v) is 4.38. The van der Waals surface area contributed by atoms with Crippen molar-refractivity contribution in [2.45, 2.75) is 25.9 Å². The van der Waals surface area contributed by atoms with Gasteiger partial charge in [0, 0.05) is 6.54 Å². The molecule has 4 nitrogen and oxygen atoms in total. The molecule has 0 unspecified atom stereocenters. The third-order valence-electron chi connectivity index (χ3n) is 1.58. The summed E-state index contributed by atoms with van der Waals surface area (Å²) in [4.78, 5) is 10.3. The number of urea groups is 1. The minimum atomic E-state index is -0.478. The molecule has 0 aromatic rings. The van der Waals surface area contributed by atoms with Gasteiger partial charge in [-0.25, -0.2) is 4.79 Å². The lowest BCUT2D eigenvalue weighted by atomic mass is 10.1. The van der Waals surface area contributed by atoms with Gasteiger partial charge in [-0.05, 0) is 20.3 Å². The van der Waals surface area contributed by atoms with Gasteiger partial charge in [-0.1, -0.05) is 0 Å². The molecule has 2 amide bonds. The third-order valence-corrected chi connectivity index (χ3v) is 2.68. The van der Waals surface area contributed by atoms with Crippen LogP contribution in [0.15, 0.2) is 0 Å². The standard InChI is InChI=1S/C6H16N2O2Si/c1-6(2,10-11)3-4-8-5(7)9/h3-4H2,1-2,11H3,(H3,7,8,9). The van der Waals surface area contributed by atoms with Crippen LogP contribution in [0.25, 0.3) is 0 Å². The predicted molar refractivity (Wildman–Crippen MR) is 47.3 cm³/mol. The lowest BCUT2D eigenvalue weighted by Gasteiger charge is -2.23. The Morgan fingerprint density at radius 2 is 2.27 bits per heavy atom. The molecule has 0 fully saturated rings. The highest BCUT2D eigenvalue weighted by atomic mass is 28.2. The van der Waals surface area contributed by atoms with Crippen molar-refractivity contribution in [3.63, 3.8) is 0 Å². The highest BCUT2D eigenvalue weighted by molar-refractivity contribution is 5.98. The van der Waals surface area contributed by atoms with E-state index in [1.165, 1.54) is 0 Å². The fourth-order valence-electron chi connectivity index (χ4n) is 0.589. The maximum Gasteiger partial charge on any atom is 0.312 e. The van der Waals surface area contributed by atoms with E-state index in [1.54, 1.807) is 0 Å². The Labute approximate surface area is 70.0 Å². The van der Waals surface area contributed by atoms with Crippen molar-refractivity contribution in [3.8, 4) is 0 Å². The molecule has 3 N–H and O–H groups in total. The summed E-state index contributed by atoms with van der Waals surface area (Å²) < 4.78 is 5.27. The van der Waals surface area contributed by atoms with E-state index in [0.29, 0.717) is 17.0 Å². The van der Waals surface area contributed by atoms with Crippen LogP contribution in [0.4, 0.5) is 4.79 Å². The second-order valence-corrected chi connectivity index (χ2v) is 3.41. The average molecular weight is 176 g/mol. The zero-order valence-corrected chi connectivity index (χ0v) is 9.31. The molecule has 0 saturated carbocycles. The van der Waals surface area contributed by atoms with Crippen LogP contribution in [0.2, 0.25) is 0 Å². The van der Waals surface area contributed by atoms with Crippen LogP contribution in [0.3, 0.4) is 0 Å². The summed E-state index contributed by atoms with van der Waals surface area (Å²) in [6.45, 7) is 4.55. The molecule has 0 saturated heterocycles. The molecule has 5 heteroatoms. The number of primary amides is 1. The van der Waals surface area contributed by atoms with E-state index in [4.69, 9.17) is 10.2 Å². The molecule has 0 aromatic carbocycles.